The van der Waals surface area contributed by atoms with E-state index in [4.69, 9.17) is 4.74 Å². The summed E-state index contributed by atoms with van der Waals surface area (Å²) in [6.07, 6.45) is 5.80. The van der Waals surface area contributed by atoms with Crippen molar-refractivity contribution >= 4 is 17.7 Å². The summed E-state index contributed by atoms with van der Waals surface area (Å²) in [5, 5.41) is 3.38. The second-order valence-electron chi connectivity index (χ2n) is 4.71. The lowest BCUT2D eigenvalue weighted by Gasteiger charge is -2.27. The highest BCUT2D eigenvalue weighted by molar-refractivity contribution is 7.99. The smallest absolute Gasteiger partial charge is 0.326 e. The molecular weight excluding hydrogens is 248 g/mol. The van der Waals surface area contributed by atoms with Crippen molar-refractivity contribution in [1.29, 1.82) is 0 Å². The Morgan fingerprint density at radius 3 is 2.78 bits per heavy atom. The molecule has 5 heteroatoms. The van der Waals surface area contributed by atoms with Crippen molar-refractivity contribution < 1.29 is 9.53 Å². The van der Waals surface area contributed by atoms with Gasteiger partial charge in [-0.1, -0.05) is 0 Å². The Hall–Kier alpha value is -1.07. The lowest BCUT2D eigenvalue weighted by Crippen LogP contribution is -2.53. The number of carbonyl (C=O) groups excluding carboxylic acids is 1. The minimum Gasteiger partial charge on any atom is -0.468 e. The molecule has 2 rings (SSSR count). The molecule has 0 radical (unpaired) electrons. The average molecular weight is 266 g/mol. The summed E-state index contributed by atoms with van der Waals surface area (Å²) in [7, 11) is 1.44. The van der Waals surface area contributed by atoms with Gasteiger partial charge < -0.3 is 4.74 Å². The second kappa shape index (κ2) is 5.71. The van der Waals surface area contributed by atoms with Crippen molar-refractivity contribution in [2.24, 2.45) is 0 Å². The first-order valence-corrected chi connectivity index (χ1v) is 7.01. The van der Waals surface area contributed by atoms with E-state index in [1.54, 1.807) is 24.2 Å². The van der Waals surface area contributed by atoms with Gasteiger partial charge >= 0.3 is 5.97 Å². The van der Waals surface area contributed by atoms with Crippen LogP contribution in [0.1, 0.15) is 19.8 Å². The van der Waals surface area contributed by atoms with Crippen molar-refractivity contribution in [3.63, 3.8) is 0 Å². The number of aromatic nitrogens is 1. The molecule has 1 aromatic heterocycles. The molecule has 1 aromatic rings. The van der Waals surface area contributed by atoms with Crippen molar-refractivity contribution in [2.75, 3.05) is 12.9 Å². The quantitative estimate of drug-likeness (QED) is 0.629. The molecule has 98 valence electrons. The molecule has 0 aliphatic heterocycles. The van der Waals surface area contributed by atoms with Crippen LogP contribution in [0.2, 0.25) is 0 Å². The van der Waals surface area contributed by atoms with E-state index in [2.05, 4.69) is 10.3 Å². The number of carbonyl (C=O) groups is 1. The van der Waals surface area contributed by atoms with Crippen LogP contribution in [0.3, 0.4) is 0 Å². The maximum atomic E-state index is 11.9. The highest BCUT2D eigenvalue weighted by Crippen LogP contribution is 2.27. The fraction of sp³-hybridized carbons (Fsp3) is 0.538. The van der Waals surface area contributed by atoms with Gasteiger partial charge in [-0.3, -0.25) is 15.1 Å². The summed E-state index contributed by atoms with van der Waals surface area (Å²) < 4.78 is 4.91. The molecule has 1 atom stereocenters. The fourth-order valence-electron chi connectivity index (χ4n) is 1.73. The third kappa shape index (κ3) is 3.46. The first kappa shape index (κ1) is 13.4. The van der Waals surface area contributed by atoms with Gasteiger partial charge in [-0.25, -0.2) is 0 Å². The zero-order valence-corrected chi connectivity index (χ0v) is 11.5. The summed E-state index contributed by atoms with van der Waals surface area (Å²) in [4.78, 5) is 17.0. The molecule has 1 N–H and O–H groups in total. The molecule has 18 heavy (non-hydrogen) atoms. The van der Waals surface area contributed by atoms with E-state index in [9.17, 15) is 4.79 Å². The molecule has 4 nitrogen and oxygen atoms in total. The van der Waals surface area contributed by atoms with E-state index >= 15 is 0 Å². The van der Waals surface area contributed by atoms with E-state index in [0.29, 0.717) is 11.8 Å². The van der Waals surface area contributed by atoms with Crippen LogP contribution in [0, 0.1) is 0 Å². The van der Waals surface area contributed by atoms with Crippen LogP contribution in [0.5, 0.6) is 0 Å². The van der Waals surface area contributed by atoms with Gasteiger partial charge in [0.25, 0.3) is 0 Å². The number of methoxy groups -OCH3 is 1. The number of esters is 1. The molecule has 1 fully saturated rings. The summed E-state index contributed by atoms with van der Waals surface area (Å²) >= 11 is 1.64. The molecule has 1 aliphatic carbocycles. The summed E-state index contributed by atoms with van der Waals surface area (Å²) in [6, 6.07) is 4.35. The molecule has 0 bridgehead atoms. The largest absolute Gasteiger partial charge is 0.468 e. The number of hydrogen-bond donors (Lipinski definition) is 1. The van der Waals surface area contributed by atoms with Gasteiger partial charge in [0.15, 0.2) is 0 Å². The lowest BCUT2D eigenvalue weighted by atomic mass is 10.1. The van der Waals surface area contributed by atoms with Crippen LogP contribution in [0.4, 0.5) is 0 Å². The lowest BCUT2D eigenvalue weighted by molar-refractivity contribution is -0.146. The second-order valence-corrected chi connectivity index (χ2v) is 5.76. The Bertz CT molecular complexity index is 409. The minimum absolute atomic E-state index is 0.198. The maximum absolute atomic E-state index is 11.9. The molecule has 0 aromatic carbocycles. The molecule has 0 saturated heterocycles. The van der Waals surface area contributed by atoms with Crippen LogP contribution in [-0.2, 0) is 9.53 Å². The molecule has 1 aliphatic rings. The van der Waals surface area contributed by atoms with E-state index < -0.39 is 5.54 Å². The molecule has 0 spiro atoms. The summed E-state index contributed by atoms with van der Waals surface area (Å²) in [5.41, 5.74) is -0.621. The summed E-state index contributed by atoms with van der Waals surface area (Å²) in [5.74, 6) is 0.455. The number of thioether (sulfide) groups is 1. The number of ether oxygens (including phenoxy) is 1. The Morgan fingerprint density at radius 2 is 2.22 bits per heavy atom. The first-order valence-electron chi connectivity index (χ1n) is 6.03. The Labute approximate surface area is 112 Å². The number of rotatable bonds is 6. The Kier molecular flexibility index (Phi) is 4.24. The maximum Gasteiger partial charge on any atom is 0.326 e. The van der Waals surface area contributed by atoms with Crippen LogP contribution in [0.15, 0.2) is 29.4 Å². The van der Waals surface area contributed by atoms with Crippen molar-refractivity contribution in [3.05, 3.63) is 24.5 Å². The van der Waals surface area contributed by atoms with Gasteiger partial charge in [0.1, 0.15) is 5.54 Å². The van der Waals surface area contributed by atoms with Gasteiger partial charge in [-0.2, -0.15) is 0 Å². The third-order valence-corrected chi connectivity index (χ3v) is 4.24. The molecule has 1 heterocycles. The van der Waals surface area contributed by atoms with Crippen LogP contribution in [0.25, 0.3) is 0 Å². The van der Waals surface area contributed by atoms with Crippen molar-refractivity contribution in [2.45, 2.75) is 36.2 Å². The predicted molar refractivity (Wildman–Crippen MR) is 71.5 cm³/mol. The van der Waals surface area contributed by atoms with Gasteiger partial charge in [0.2, 0.25) is 0 Å². The standard InChI is InChI=1S/C13H18N2O2S/c1-13(12(16)17-2,15-10-3-4-10)9-18-11-5-7-14-8-6-11/h5-8,10,15H,3-4,9H2,1-2H3. The van der Waals surface area contributed by atoms with Gasteiger partial charge in [0, 0.05) is 29.1 Å². The monoisotopic (exact) mass is 266 g/mol. The third-order valence-electron chi connectivity index (χ3n) is 2.91. The number of nitrogens with zero attached hydrogens (tertiary/aromatic N) is 1. The van der Waals surface area contributed by atoms with Crippen molar-refractivity contribution in [1.82, 2.24) is 10.3 Å². The highest BCUT2D eigenvalue weighted by atomic mass is 32.2. The predicted octanol–water partition coefficient (Wildman–Crippen LogP) is 1.86. The van der Waals surface area contributed by atoms with E-state index in [0.717, 1.165) is 17.7 Å². The van der Waals surface area contributed by atoms with Crippen molar-refractivity contribution in [3.8, 4) is 0 Å². The number of nitrogens with one attached hydrogen (secondary N) is 1. The molecular formula is C13H18N2O2S. The fourth-order valence-corrected chi connectivity index (χ4v) is 2.70. The molecule has 1 unspecified atom stereocenters. The number of pyridine rings is 1. The van der Waals surface area contributed by atoms with Gasteiger partial charge in [-0.15, -0.1) is 11.8 Å². The van der Waals surface area contributed by atoms with Gasteiger partial charge in [0.05, 0.1) is 7.11 Å². The normalized spacial score (nSPS) is 18.1. The zero-order chi connectivity index (χ0) is 13.0. The molecule has 0 amide bonds. The topological polar surface area (TPSA) is 51.2 Å². The van der Waals surface area contributed by atoms with Crippen LogP contribution < -0.4 is 5.32 Å². The minimum atomic E-state index is -0.621. The van der Waals surface area contributed by atoms with Crippen LogP contribution >= 0.6 is 11.8 Å². The zero-order valence-electron chi connectivity index (χ0n) is 10.7. The molecule has 1 saturated carbocycles. The Balaban J connectivity index is 1.98. The SMILES string of the molecule is COC(=O)C(C)(CSc1ccncc1)NC1CC1. The summed E-state index contributed by atoms with van der Waals surface area (Å²) in [6.45, 7) is 1.91. The van der Waals surface area contributed by atoms with Gasteiger partial charge in [-0.05, 0) is 31.9 Å². The van der Waals surface area contributed by atoms with E-state index in [-0.39, 0.29) is 5.97 Å². The van der Waals surface area contributed by atoms with Crippen LogP contribution in [-0.4, -0.2) is 35.4 Å². The average Bonchev–Trinajstić information content (AvgIpc) is 3.20. The highest BCUT2D eigenvalue weighted by Gasteiger charge is 2.39. The number of hydrogen-bond acceptors (Lipinski definition) is 5. The first-order chi connectivity index (χ1) is 8.64. The van der Waals surface area contributed by atoms with E-state index in [1.807, 2.05) is 19.1 Å². The van der Waals surface area contributed by atoms with E-state index in [1.165, 1.54) is 7.11 Å². The Morgan fingerprint density at radius 1 is 1.56 bits per heavy atom.